The van der Waals surface area contributed by atoms with Crippen LogP contribution in [0.3, 0.4) is 0 Å². The van der Waals surface area contributed by atoms with Crippen molar-refractivity contribution in [2.45, 2.75) is 13.3 Å². The molecule has 2 N–H and O–H groups in total. The normalized spacial score (nSPS) is 25.9. The summed E-state index contributed by atoms with van der Waals surface area (Å²) in [5.74, 6) is -0.571. The van der Waals surface area contributed by atoms with Crippen LogP contribution in [0.4, 0.5) is 0 Å². The smallest absolute Gasteiger partial charge is 0.309 e. The molecule has 0 saturated heterocycles. The molecule has 1 amide bonds. The number of nitrogens with two attached hydrogens (primary N) is 1. The molecule has 0 radical (unpaired) electrons. The van der Waals surface area contributed by atoms with Gasteiger partial charge in [-0.15, -0.1) is 0 Å². The van der Waals surface area contributed by atoms with Crippen molar-refractivity contribution in [1.82, 2.24) is 0 Å². The van der Waals surface area contributed by atoms with Crippen molar-refractivity contribution in [3.05, 3.63) is 12.2 Å². The molecule has 1 rings (SSSR count). The molecule has 0 aliphatic heterocycles. The van der Waals surface area contributed by atoms with Crippen LogP contribution >= 0.6 is 0 Å². The van der Waals surface area contributed by atoms with Crippen molar-refractivity contribution >= 4 is 11.9 Å². The molecule has 0 aromatic rings. The van der Waals surface area contributed by atoms with E-state index in [1.54, 1.807) is 13.0 Å². The number of allylic oxidation sites excluding steroid dienone is 1. The van der Waals surface area contributed by atoms with E-state index in [0.29, 0.717) is 6.61 Å². The maximum absolute atomic E-state index is 11.1. The van der Waals surface area contributed by atoms with E-state index in [1.165, 1.54) is 6.08 Å². The van der Waals surface area contributed by atoms with Crippen molar-refractivity contribution in [2.75, 3.05) is 6.61 Å². The lowest BCUT2D eigenvalue weighted by molar-refractivity contribution is -0.144. The summed E-state index contributed by atoms with van der Waals surface area (Å²) >= 11 is 0. The van der Waals surface area contributed by atoms with Gasteiger partial charge in [0.15, 0.2) is 0 Å². The van der Waals surface area contributed by atoms with E-state index in [2.05, 4.69) is 0 Å². The first-order valence-corrected chi connectivity index (χ1v) is 4.29. The number of rotatable bonds is 4. The highest BCUT2D eigenvalue weighted by Crippen LogP contribution is 2.40. The number of carbonyl (C=O) groups excluding carboxylic acids is 2. The van der Waals surface area contributed by atoms with Gasteiger partial charge in [-0.2, -0.15) is 0 Å². The van der Waals surface area contributed by atoms with Gasteiger partial charge in [0.2, 0.25) is 5.91 Å². The molecule has 0 bridgehead atoms. The van der Waals surface area contributed by atoms with Crippen molar-refractivity contribution < 1.29 is 14.3 Å². The van der Waals surface area contributed by atoms with E-state index >= 15 is 0 Å². The third kappa shape index (κ3) is 2.89. The monoisotopic (exact) mass is 183 g/mol. The number of hydrogen-bond acceptors (Lipinski definition) is 3. The molecule has 0 aromatic heterocycles. The van der Waals surface area contributed by atoms with E-state index in [1.807, 2.05) is 0 Å². The van der Waals surface area contributed by atoms with E-state index in [0.717, 1.165) is 6.42 Å². The largest absolute Gasteiger partial charge is 0.466 e. The summed E-state index contributed by atoms with van der Waals surface area (Å²) in [5.41, 5.74) is 4.91. The van der Waals surface area contributed by atoms with E-state index < -0.39 is 5.91 Å². The molecule has 1 saturated carbocycles. The minimum absolute atomic E-state index is 0.0597. The Labute approximate surface area is 76.7 Å². The van der Waals surface area contributed by atoms with Crippen LogP contribution in [-0.4, -0.2) is 18.5 Å². The van der Waals surface area contributed by atoms with Gasteiger partial charge in [0, 0.05) is 0 Å². The van der Waals surface area contributed by atoms with Gasteiger partial charge in [-0.3, -0.25) is 9.59 Å². The topological polar surface area (TPSA) is 69.4 Å². The predicted molar refractivity (Wildman–Crippen MR) is 46.6 cm³/mol. The fourth-order valence-electron chi connectivity index (χ4n) is 1.17. The van der Waals surface area contributed by atoms with Gasteiger partial charge in [-0.1, -0.05) is 6.08 Å². The van der Waals surface area contributed by atoms with Gasteiger partial charge in [0.1, 0.15) is 0 Å². The van der Waals surface area contributed by atoms with Gasteiger partial charge in [-0.05, 0) is 25.3 Å². The van der Waals surface area contributed by atoms with Crippen molar-refractivity contribution in [2.24, 2.45) is 17.6 Å². The highest BCUT2D eigenvalue weighted by molar-refractivity contribution is 5.86. The first-order chi connectivity index (χ1) is 6.15. The van der Waals surface area contributed by atoms with Crippen LogP contribution in [0.1, 0.15) is 13.3 Å². The molecule has 13 heavy (non-hydrogen) atoms. The van der Waals surface area contributed by atoms with Gasteiger partial charge in [0.05, 0.1) is 12.5 Å². The van der Waals surface area contributed by atoms with Crippen LogP contribution in [-0.2, 0) is 14.3 Å². The Balaban J connectivity index is 2.30. The van der Waals surface area contributed by atoms with E-state index in [9.17, 15) is 9.59 Å². The summed E-state index contributed by atoms with van der Waals surface area (Å²) in [7, 11) is 0. The lowest BCUT2D eigenvalue weighted by Gasteiger charge is -1.97. The second-order valence-corrected chi connectivity index (χ2v) is 3.02. The maximum atomic E-state index is 11.1. The molecule has 0 aromatic carbocycles. The van der Waals surface area contributed by atoms with Gasteiger partial charge >= 0.3 is 5.97 Å². The maximum Gasteiger partial charge on any atom is 0.309 e. The van der Waals surface area contributed by atoms with Crippen molar-refractivity contribution in [1.29, 1.82) is 0 Å². The summed E-state index contributed by atoms with van der Waals surface area (Å²) in [6, 6.07) is 0. The van der Waals surface area contributed by atoms with Crippen molar-refractivity contribution in [3.8, 4) is 0 Å². The van der Waals surface area contributed by atoms with Crippen LogP contribution in [0.5, 0.6) is 0 Å². The highest BCUT2D eigenvalue weighted by Gasteiger charge is 2.42. The third-order valence-corrected chi connectivity index (χ3v) is 1.94. The number of hydrogen-bond donors (Lipinski definition) is 1. The SMILES string of the molecule is CCOC(=O)[C@H]1C[C@H]1/C=C/C(N)=O. The zero-order chi connectivity index (χ0) is 9.84. The first kappa shape index (κ1) is 9.77. The molecule has 4 heteroatoms. The summed E-state index contributed by atoms with van der Waals surface area (Å²) in [6.45, 7) is 2.18. The second-order valence-electron chi connectivity index (χ2n) is 3.02. The molecule has 0 heterocycles. The lowest BCUT2D eigenvalue weighted by Crippen LogP contribution is -2.08. The summed E-state index contributed by atoms with van der Waals surface area (Å²) in [6.07, 6.45) is 3.73. The van der Waals surface area contributed by atoms with Crippen LogP contribution < -0.4 is 5.73 Å². The second kappa shape index (κ2) is 4.07. The van der Waals surface area contributed by atoms with Crippen LogP contribution in [0.2, 0.25) is 0 Å². The molecule has 4 nitrogen and oxygen atoms in total. The minimum atomic E-state index is -0.477. The Morgan fingerprint density at radius 3 is 2.85 bits per heavy atom. The summed E-state index contributed by atoms with van der Waals surface area (Å²) < 4.78 is 4.81. The first-order valence-electron chi connectivity index (χ1n) is 4.29. The number of amides is 1. The van der Waals surface area contributed by atoms with Crippen LogP contribution in [0.15, 0.2) is 12.2 Å². The van der Waals surface area contributed by atoms with Crippen LogP contribution in [0.25, 0.3) is 0 Å². The van der Waals surface area contributed by atoms with E-state index in [-0.39, 0.29) is 17.8 Å². The number of ether oxygens (including phenoxy) is 1. The number of esters is 1. The molecular formula is C9H13NO3. The Bertz CT molecular complexity index is 247. The average molecular weight is 183 g/mol. The Hall–Kier alpha value is -1.32. The fraction of sp³-hybridized carbons (Fsp3) is 0.556. The lowest BCUT2D eigenvalue weighted by atomic mass is 10.3. The fourth-order valence-corrected chi connectivity index (χ4v) is 1.17. The van der Waals surface area contributed by atoms with Gasteiger partial charge < -0.3 is 10.5 Å². The molecule has 2 atom stereocenters. The third-order valence-electron chi connectivity index (χ3n) is 1.94. The molecular weight excluding hydrogens is 170 g/mol. The summed E-state index contributed by atoms with van der Waals surface area (Å²) in [5, 5.41) is 0. The van der Waals surface area contributed by atoms with Crippen molar-refractivity contribution in [3.63, 3.8) is 0 Å². The molecule has 1 fully saturated rings. The zero-order valence-corrected chi connectivity index (χ0v) is 7.53. The standard InChI is InChI=1S/C9H13NO3/c1-2-13-9(12)7-5-6(7)3-4-8(10)11/h3-4,6-7H,2,5H2,1H3,(H2,10,11)/b4-3+/t6-,7+/m1/s1. The van der Waals surface area contributed by atoms with E-state index in [4.69, 9.17) is 10.5 Å². The summed E-state index contributed by atoms with van der Waals surface area (Å²) in [4.78, 5) is 21.4. The Kier molecular flexibility index (Phi) is 3.06. The highest BCUT2D eigenvalue weighted by atomic mass is 16.5. The Morgan fingerprint density at radius 1 is 1.62 bits per heavy atom. The number of primary amides is 1. The zero-order valence-electron chi connectivity index (χ0n) is 7.53. The quantitative estimate of drug-likeness (QED) is 0.501. The minimum Gasteiger partial charge on any atom is -0.466 e. The Morgan fingerprint density at radius 2 is 2.31 bits per heavy atom. The van der Waals surface area contributed by atoms with Gasteiger partial charge in [-0.25, -0.2) is 0 Å². The van der Waals surface area contributed by atoms with Gasteiger partial charge in [0.25, 0.3) is 0 Å². The molecule has 72 valence electrons. The average Bonchev–Trinajstić information content (AvgIpc) is 2.80. The molecule has 0 spiro atoms. The number of carbonyl (C=O) groups is 2. The van der Waals surface area contributed by atoms with Crippen LogP contribution in [0, 0.1) is 11.8 Å². The molecule has 0 unspecified atom stereocenters. The predicted octanol–water partition coefficient (Wildman–Crippen LogP) is 0.227. The molecule has 1 aliphatic rings. The molecule has 1 aliphatic carbocycles.